The van der Waals surface area contributed by atoms with Crippen molar-refractivity contribution >= 4 is 26.4 Å². The molecule has 0 saturated carbocycles. The zero-order chi connectivity index (χ0) is 12.8. The monoisotopic (exact) mass is 343 g/mol. The van der Waals surface area contributed by atoms with E-state index < -0.39 is 20.7 Å². The summed E-state index contributed by atoms with van der Waals surface area (Å²) in [5.74, 6) is 0. The van der Waals surface area contributed by atoms with Crippen molar-refractivity contribution in [3.8, 4) is 0 Å². The second-order valence-electron chi connectivity index (χ2n) is 2.35. The first-order valence-corrected chi connectivity index (χ1v) is 6.10. The Kier molecular flexibility index (Phi) is 17.3. The van der Waals surface area contributed by atoms with Gasteiger partial charge >= 0.3 is 113 Å². The molecule has 1 aromatic rings. The molecule has 0 bridgehead atoms. The van der Waals surface area contributed by atoms with Gasteiger partial charge in [-0.2, -0.15) is 18.2 Å². The Hall–Kier alpha value is 1.82. The Bertz CT molecular complexity index is 550. The van der Waals surface area contributed by atoms with Crippen LogP contribution in [0.5, 0.6) is 0 Å². The largest absolute Gasteiger partial charge is 1.00 e. The number of benzene rings is 1. The van der Waals surface area contributed by atoms with Crippen LogP contribution in [0.3, 0.4) is 0 Å². The summed E-state index contributed by atoms with van der Waals surface area (Å²) in [6, 6.07) is 6.55. The molecule has 0 aromatic heterocycles. The zero-order valence-corrected chi connectivity index (χ0v) is 17.9. The van der Waals surface area contributed by atoms with Crippen LogP contribution in [0.4, 0.5) is 5.69 Å². The van der Waals surface area contributed by atoms with Crippen molar-refractivity contribution in [2.45, 2.75) is 4.90 Å². The molecule has 18 heavy (non-hydrogen) atoms. The Morgan fingerprint density at radius 1 is 1.28 bits per heavy atom. The molecule has 0 aliphatic rings. The summed E-state index contributed by atoms with van der Waals surface area (Å²) in [6.07, 6.45) is 0. The Morgan fingerprint density at radius 2 is 1.72 bits per heavy atom. The molecular formula is C7H7K2NO6S2. The molecule has 1 rings (SSSR count). The van der Waals surface area contributed by atoms with Gasteiger partial charge in [0, 0.05) is 7.05 Å². The first kappa shape index (κ1) is 24.8. The molecule has 90 valence electrons. The summed E-state index contributed by atoms with van der Waals surface area (Å²) in [5.41, 5.74) is 0.479. The fourth-order valence-corrected chi connectivity index (χ4v) is 1.24. The predicted octanol–water partition coefficient (Wildman–Crippen LogP) is -6.56. The molecule has 0 unspecified atom stereocenters. The van der Waals surface area contributed by atoms with Crippen molar-refractivity contribution in [1.82, 2.24) is 0 Å². The maximum absolute atomic E-state index is 10.5. The molecular weight excluding hydrogens is 336 g/mol. The standard InChI is InChI=1S/C7H8NO3S.2K.O3S/c1-8-6-3-2-4-7(5-6)12(9,10)11;;;1-4(2)3/h2,4-5,8H,1H3,(H,9,10,11);;;/q-1;2*+1;/p-1. The maximum Gasteiger partial charge on any atom is 1.00 e. The van der Waals surface area contributed by atoms with Crippen molar-refractivity contribution in [2.75, 3.05) is 12.4 Å². The van der Waals surface area contributed by atoms with E-state index in [0.717, 1.165) is 0 Å². The molecule has 0 radical (unpaired) electrons. The van der Waals surface area contributed by atoms with Gasteiger partial charge in [0.25, 0.3) is 0 Å². The van der Waals surface area contributed by atoms with E-state index >= 15 is 0 Å². The number of nitrogens with one attached hydrogen (secondary N) is 1. The topological polar surface area (TPSA) is 120 Å². The Labute approximate surface area is 192 Å². The van der Waals surface area contributed by atoms with Gasteiger partial charge in [-0.3, -0.25) is 0 Å². The molecule has 1 aromatic carbocycles. The molecule has 0 atom stereocenters. The fourth-order valence-electron chi connectivity index (χ4n) is 0.745. The quantitative estimate of drug-likeness (QED) is 0.322. The van der Waals surface area contributed by atoms with Crippen LogP contribution in [0.25, 0.3) is 0 Å². The van der Waals surface area contributed by atoms with E-state index in [4.69, 9.17) is 12.6 Å². The van der Waals surface area contributed by atoms with E-state index in [-0.39, 0.29) is 108 Å². The van der Waals surface area contributed by atoms with E-state index in [0.29, 0.717) is 5.69 Å². The first-order valence-electron chi connectivity index (χ1n) is 3.69. The van der Waals surface area contributed by atoms with E-state index in [1.165, 1.54) is 18.2 Å². The number of hydrogen-bond donors (Lipinski definition) is 1. The molecule has 1 N–H and O–H groups in total. The van der Waals surface area contributed by atoms with Gasteiger partial charge in [0.15, 0.2) is 0 Å². The second kappa shape index (κ2) is 12.6. The van der Waals surface area contributed by atoms with Crippen molar-refractivity contribution in [3.05, 3.63) is 24.3 Å². The third-order valence-electron chi connectivity index (χ3n) is 1.33. The third-order valence-corrected chi connectivity index (χ3v) is 2.16. The normalized spacial score (nSPS) is 8.78. The summed E-state index contributed by atoms with van der Waals surface area (Å²) in [6.45, 7) is 0. The molecule has 0 heterocycles. The summed E-state index contributed by atoms with van der Waals surface area (Å²) < 4.78 is 56.8. The average Bonchev–Trinajstić information content (AvgIpc) is 2.16. The van der Waals surface area contributed by atoms with E-state index in [2.05, 4.69) is 11.4 Å². The summed E-state index contributed by atoms with van der Waals surface area (Å²) in [5, 5.41) is 2.68. The minimum Gasteiger partial charge on any atom is -0.746 e. The van der Waals surface area contributed by atoms with Crippen LogP contribution < -0.4 is 108 Å². The molecule has 0 fully saturated rings. The summed E-state index contributed by atoms with van der Waals surface area (Å²) in [4.78, 5) is -0.245. The predicted molar refractivity (Wildman–Crippen MR) is 52.5 cm³/mol. The van der Waals surface area contributed by atoms with Crippen LogP contribution >= 0.6 is 0 Å². The van der Waals surface area contributed by atoms with Gasteiger partial charge in [0.05, 0.1) is 0 Å². The van der Waals surface area contributed by atoms with Gasteiger partial charge in [0.1, 0.15) is 10.1 Å². The molecule has 7 nitrogen and oxygen atoms in total. The van der Waals surface area contributed by atoms with Crippen LogP contribution in [0.15, 0.2) is 23.1 Å². The van der Waals surface area contributed by atoms with Gasteiger partial charge in [-0.15, -0.1) is 18.7 Å². The summed E-state index contributed by atoms with van der Waals surface area (Å²) in [7, 11) is -5.84. The maximum atomic E-state index is 10.5. The van der Waals surface area contributed by atoms with Crippen LogP contribution in [0.1, 0.15) is 0 Å². The first-order chi connectivity index (χ1) is 7.27. The van der Waals surface area contributed by atoms with Gasteiger partial charge in [-0.1, -0.05) is 10.6 Å². The van der Waals surface area contributed by atoms with E-state index in [1.54, 1.807) is 7.05 Å². The van der Waals surface area contributed by atoms with Crippen molar-refractivity contribution in [1.29, 1.82) is 0 Å². The minimum absolute atomic E-state index is 0. The van der Waals surface area contributed by atoms with Crippen LogP contribution in [0.2, 0.25) is 0 Å². The van der Waals surface area contributed by atoms with Gasteiger partial charge in [0.2, 0.25) is 0 Å². The molecule has 0 aliphatic heterocycles. The Morgan fingerprint density at radius 3 is 2.06 bits per heavy atom. The van der Waals surface area contributed by atoms with E-state index in [9.17, 15) is 13.0 Å². The number of anilines is 1. The smallest absolute Gasteiger partial charge is 0.746 e. The van der Waals surface area contributed by atoms with Gasteiger partial charge in [-0.05, 0) is 0 Å². The zero-order valence-electron chi connectivity index (χ0n) is 10.00. The van der Waals surface area contributed by atoms with Crippen LogP contribution in [-0.4, -0.2) is 32.6 Å². The minimum atomic E-state index is -4.35. The molecule has 0 amide bonds. The number of rotatable bonds is 2. The molecule has 0 saturated heterocycles. The number of hydrogen-bond acceptors (Lipinski definition) is 7. The van der Waals surface area contributed by atoms with Crippen molar-refractivity contribution < 1.29 is 128 Å². The van der Waals surface area contributed by atoms with Crippen LogP contribution in [-0.2, 0) is 20.7 Å². The molecule has 0 aliphatic carbocycles. The van der Waals surface area contributed by atoms with Crippen molar-refractivity contribution in [2.24, 2.45) is 0 Å². The second-order valence-corrected chi connectivity index (χ2v) is 4.13. The van der Waals surface area contributed by atoms with Crippen molar-refractivity contribution in [3.63, 3.8) is 0 Å². The van der Waals surface area contributed by atoms with E-state index in [1.807, 2.05) is 0 Å². The van der Waals surface area contributed by atoms with Crippen LogP contribution in [0, 0.1) is 6.07 Å². The molecule has 0 spiro atoms. The third kappa shape index (κ3) is 12.8. The summed E-state index contributed by atoms with van der Waals surface area (Å²) >= 11 is 0. The van der Waals surface area contributed by atoms with Gasteiger partial charge < -0.3 is 9.87 Å². The fraction of sp³-hybridized carbons (Fsp3) is 0.143. The SMILES string of the molecule is CNc1[c-]ccc(S(=O)(=O)[O-])c1.O=S(=O)=O.[K+].[K+]. The Balaban J connectivity index is -0.000000332. The average molecular weight is 343 g/mol. The van der Waals surface area contributed by atoms with Gasteiger partial charge in [-0.25, -0.2) is 8.42 Å². The molecule has 11 heteroatoms.